The molecular weight excluding hydrogens is 338 g/mol. The second kappa shape index (κ2) is 5.69. The van der Waals surface area contributed by atoms with Gasteiger partial charge in [0.2, 0.25) is 5.91 Å². The molecule has 2 aromatic heterocycles. The van der Waals surface area contributed by atoms with E-state index in [4.69, 9.17) is 4.52 Å². The molecule has 1 saturated carbocycles. The average Bonchev–Trinajstić information content (AvgIpc) is 3.02. The number of amides is 2. The topological polar surface area (TPSA) is 66.7 Å². The summed E-state index contributed by atoms with van der Waals surface area (Å²) in [6, 6.07) is 4.03. The van der Waals surface area contributed by atoms with Gasteiger partial charge in [0, 0.05) is 31.6 Å². The highest BCUT2D eigenvalue weighted by Crippen LogP contribution is 2.38. The molecule has 2 bridgehead atoms. The van der Waals surface area contributed by atoms with Gasteiger partial charge in [-0.25, -0.2) is 0 Å². The van der Waals surface area contributed by atoms with Gasteiger partial charge in [0.05, 0.1) is 11.1 Å². The molecule has 130 valence electrons. The van der Waals surface area contributed by atoms with Crippen LogP contribution < -0.4 is 0 Å². The first-order valence-electron chi connectivity index (χ1n) is 8.79. The van der Waals surface area contributed by atoms with Crippen molar-refractivity contribution < 1.29 is 14.1 Å². The van der Waals surface area contributed by atoms with E-state index < -0.39 is 0 Å². The largest absolute Gasteiger partial charge is 0.355 e. The van der Waals surface area contributed by atoms with Crippen molar-refractivity contribution in [3.05, 3.63) is 29.3 Å². The van der Waals surface area contributed by atoms with Gasteiger partial charge in [-0.3, -0.25) is 9.59 Å². The molecule has 0 N–H and O–H groups in total. The maximum atomic E-state index is 13.0. The van der Waals surface area contributed by atoms with Crippen LogP contribution in [0.1, 0.15) is 29.6 Å². The van der Waals surface area contributed by atoms with Crippen LogP contribution >= 0.6 is 11.3 Å². The van der Waals surface area contributed by atoms with Crippen molar-refractivity contribution >= 4 is 23.2 Å². The van der Waals surface area contributed by atoms with Gasteiger partial charge in [-0.2, -0.15) is 0 Å². The van der Waals surface area contributed by atoms with Crippen LogP contribution in [0.2, 0.25) is 0 Å². The second-order valence-electron chi connectivity index (χ2n) is 7.28. The van der Waals surface area contributed by atoms with Crippen LogP contribution in [-0.4, -0.2) is 52.4 Å². The van der Waals surface area contributed by atoms with Crippen LogP contribution in [0.15, 0.2) is 28.2 Å². The van der Waals surface area contributed by atoms with E-state index in [1.807, 2.05) is 27.3 Å². The highest BCUT2D eigenvalue weighted by atomic mass is 32.1. The fourth-order valence-electron chi connectivity index (χ4n) is 4.11. The predicted octanol–water partition coefficient (Wildman–Crippen LogP) is 2.49. The average molecular weight is 357 g/mol. The molecule has 4 heterocycles. The molecule has 3 aliphatic rings. The van der Waals surface area contributed by atoms with Gasteiger partial charge in [0.15, 0.2) is 5.76 Å². The number of thiophene rings is 1. The number of fused-ring (bicyclic) bond motifs is 2. The summed E-state index contributed by atoms with van der Waals surface area (Å²) in [4.78, 5) is 30.3. The third-order valence-electron chi connectivity index (χ3n) is 5.45. The minimum atomic E-state index is -0.0416. The highest BCUT2D eigenvalue weighted by molar-refractivity contribution is 7.13. The first kappa shape index (κ1) is 15.1. The number of carbonyl (C=O) groups excluding carboxylic acids is 2. The summed E-state index contributed by atoms with van der Waals surface area (Å²) >= 11 is 1.53. The molecule has 0 spiro atoms. The van der Waals surface area contributed by atoms with Crippen molar-refractivity contribution in [3.63, 3.8) is 0 Å². The standard InChI is InChI=1S/C18H19N3O3S/c22-17(12-3-4-12)21-9-11-6-13(21)10-20(8-11)18(23)14-7-19-24-16(14)15-2-1-5-25-15/h1-2,5,7,11-13H,3-4,6,8-10H2. The van der Waals surface area contributed by atoms with Crippen LogP contribution in [0.3, 0.4) is 0 Å². The number of hydrogen-bond donors (Lipinski definition) is 0. The number of nitrogens with zero attached hydrogens (tertiary/aromatic N) is 3. The van der Waals surface area contributed by atoms with Gasteiger partial charge in [0.1, 0.15) is 5.56 Å². The zero-order valence-electron chi connectivity index (χ0n) is 13.8. The van der Waals surface area contributed by atoms with E-state index in [-0.39, 0.29) is 17.9 Å². The van der Waals surface area contributed by atoms with E-state index in [2.05, 4.69) is 5.16 Å². The van der Waals surface area contributed by atoms with E-state index >= 15 is 0 Å². The Morgan fingerprint density at radius 2 is 2.12 bits per heavy atom. The molecule has 7 heteroatoms. The molecule has 3 fully saturated rings. The van der Waals surface area contributed by atoms with Crippen LogP contribution in [-0.2, 0) is 4.79 Å². The van der Waals surface area contributed by atoms with Crippen molar-refractivity contribution in [2.45, 2.75) is 25.3 Å². The number of carbonyl (C=O) groups is 2. The van der Waals surface area contributed by atoms with Gasteiger partial charge in [-0.15, -0.1) is 11.3 Å². The molecule has 0 radical (unpaired) electrons. The second-order valence-corrected chi connectivity index (χ2v) is 8.22. The van der Waals surface area contributed by atoms with Gasteiger partial charge >= 0.3 is 0 Å². The van der Waals surface area contributed by atoms with Gasteiger partial charge in [0.25, 0.3) is 5.91 Å². The monoisotopic (exact) mass is 357 g/mol. The lowest BCUT2D eigenvalue weighted by molar-refractivity contribution is -0.133. The van der Waals surface area contributed by atoms with Crippen LogP contribution in [0.5, 0.6) is 0 Å². The van der Waals surface area contributed by atoms with Gasteiger partial charge < -0.3 is 14.3 Å². The highest BCUT2D eigenvalue weighted by Gasteiger charge is 2.45. The lowest BCUT2D eigenvalue weighted by Crippen LogP contribution is -2.46. The maximum Gasteiger partial charge on any atom is 0.259 e. The summed E-state index contributed by atoms with van der Waals surface area (Å²) in [6.07, 6.45) is 4.59. The van der Waals surface area contributed by atoms with E-state index in [0.717, 1.165) is 30.7 Å². The Balaban J connectivity index is 1.36. The number of rotatable bonds is 3. The Bertz CT molecular complexity index is 811. The molecular formula is C18H19N3O3S. The zero-order chi connectivity index (χ0) is 17.0. The van der Waals surface area contributed by atoms with Crippen LogP contribution in [0.4, 0.5) is 0 Å². The summed E-state index contributed by atoms with van der Waals surface area (Å²) in [5.41, 5.74) is 0.517. The summed E-state index contributed by atoms with van der Waals surface area (Å²) in [5, 5.41) is 5.79. The molecule has 1 aliphatic carbocycles. The summed E-state index contributed by atoms with van der Waals surface area (Å²) < 4.78 is 5.34. The third kappa shape index (κ3) is 2.57. The molecule has 25 heavy (non-hydrogen) atoms. The van der Waals surface area contributed by atoms with E-state index in [9.17, 15) is 9.59 Å². The molecule has 2 aromatic rings. The molecule has 2 saturated heterocycles. The number of aromatic nitrogens is 1. The Kier molecular flexibility index (Phi) is 3.45. The number of piperidine rings is 1. The fourth-order valence-corrected chi connectivity index (χ4v) is 4.82. The normalized spacial score (nSPS) is 25.4. The molecule has 2 atom stereocenters. The van der Waals surface area contributed by atoms with Crippen molar-refractivity contribution in [3.8, 4) is 10.6 Å². The quantitative estimate of drug-likeness (QED) is 0.846. The van der Waals surface area contributed by atoms with E-state index in [1.165, 1.54) is 17.5 Å². The van der Waals surface area contributed by atoms with Crippen molar-refractivity contribution in [2.24, 2.45) is 11.8 Å². The van der Waals surface area contributed by atoms with Crippen LogP contribution in [0, 0.1) is 11.8 Å². The Hall–Kier alpha value is -2.15. The Labute approximate surface area is 149 Å². The summed E-state index contributed by atoms with van der Waals surface area (Å²) in [6.45, 7) is 2.12. The van der Waals surface area contributed by atoms with E-state index in [0.29, 0.717) is 36.2 Å². The summed E-state index contributed by atoms with van der Waals surface area (Å²) in [7, 11) is 0. The third-order valence-corrected chi connectivity index (χ3v) is 6.32. The number of hydrogen-bond acceptors (Lipinski definition) is 5. The van der Waals surface area contributed by atoms with Crippen LogP contribution in [0.25, 0.3) is 10.6 Å². The Morgan fingerprint density at radius 3 is 2.88 bits per heavy atom. The lowest BCUT2D eigenvalue weighted by Gasteiger charge is -2.32. The first-order chi connectivity index (χ1) is 12.2. The molecule has 2 unspecified atom stereocenters. The van der Waals surface area contributed by atoms with Crippen molar-refractivity contribution in [1.29, 1.82) is 0 Å². The zero-order valence-corrected chi connectivity index (χ0v) is 14.6. The van der Waals surface area contributed by atoms with Crippen molar-refractivity contribution in [2.75, 3.05) is 19.6 Å². The molecule has 2 amide bonds. The lowest BCUT2D eigenvalue weighted by atomic mass is 9.99. The van der Waals surface area contributed by atoms with E-state index in [1.54, 1.807) is 0 Å². The smallest absolute Gasteiger partial charge is 0.259 e. The Morgan fingerprint density at radius 1 is 1.24 bits per heavy atom. The van der Waals surface area contributed by atoms with Crippen molar-refractivity contribution in [1.82, 2.24) is 15.0 Å². The SMILES string of the molecule is O=C(c1cnoc1-c1cccs1)N1CC2CC(C1)N(C(=O)C1CC1)C2. The fraction of sp³-hybridized carbons (Fsp3) is 0.500. The molecule has 2 aliphatic heterocycles. The maximum absolute atomic E-state index is 13.0. The molecule has 0 aromatic carbocycles. The molecule has 5 rings (SSSR count). The number of likely N-dealkylation sites (tertiary alicyclic amines) is 2. The summed E-state index contributed by atoms with van der Waals surface area (Å²) in [5.74, 6) is 1.43. The first-order valence-corrected chi connectivity index (χ1v) is 9.67. The van der Waals surface area contributed by atoms with Gasteiger partial charge in [-0.1, -0.05) is 11.2 Å². The molecule has 6 nitrogen and oxygen atoms in total. The van der Waals surface area contributed by atoms with Gasteiger partial charge in [-0.05, 0) is 36.6 Å². The minimum absolute atomic E-state index is 0.0416. The minimum Gasteiger partial charge on any atom is -0.355 e. The predicted molar refractivity (Wildman–Crippen MR) is 92.1 cm³/mol.